The van der Waals surface area contributed by atoms with Gasteiger partial charge in [0.1, 0.15) is 0 Å². The number of aromatic amines is 1. The first-order valence-corrected chi connectivity index (χ1v) is 8.17. The van der Waals surface area contributed by atoms with Crippen LogP contribution in [0.5, 0.6) is 0 Å². The number of hydrogen-bond acceptors (Lipinski definition) is 3. The lowest BCUT2D eigenvalue weighted by molar-refractivity contribution is 0.0709. The van der Waals surface area contributed by atoms with Crippen LogP contribution in [0.4, 0.5) is 0 Å². The molecular weight excluding hydrogens is 346 g/mol. The third kappa shape index (κ3) is 2.94. The monoisotopic (exact) mass is 363 g/mol. The average Bonchev–Trinajstić information content (AvgIpc) is 2.54. The van der Waals surface area contributed by atoms with E-state index < -0.39 is 0 Å². The van der Waals surface area contributed by atoms with E-state index in [4.69, 9.17) is 0 Å². The predicted octanol–water partition coefficient (Wildman–Crippen LogP) is 2.11. The van der Waals surface area contributed by atoms with Crippen molar-refractivity contribution in [3.63, 3.8) is 0 Å². The van der Waals surface area contributed by atoms with Crippen molar-refractivity contribution in [3.8, 4) is 0 Å². The van der Waals surface area contributed by atoms with Crippen molar-refractivity contribution in [3.05, 3.63) is 44.7 Å². The van der Waals surface area contributed by atoms with Gasteiger partial charge in [0.25, 0.3) is 5.91 Å². The number of H-pyrrole nitrogens is 1. The normalized spacial score (nSPS) is 16.2. The molecule has 0 spiro atoms. The Morgan fingerprint density at radius 1 is 1.32 bits per heavy atom. The molecular formula is C16H18BrN3O2. The van der Waals surface area contributed by atoms with Gasteiger partial charge in [0.05, 0.1) is 5.56 Å². The van der Waals surface area contributed by atoms with Gasteiger partial charge in [-0.25, -0.2) is 0 Å². The Hall–Kier alpha value is -1.66. The van der Waals surface area contributed by atoms with E-state index in [1.54, 1.807) is 0 Å². The number of nitrogens with zero attached hydrogens (tertiary/aromatic N) is 1. The van der Waals surface area contributed by atoms with Crippen molar-refractivity contribution < 1.29 is 4.79 Å². The van der Waals surface area contributed by atoms with Crippen LogP contribution in [-0.2, 0) is 0 Å². The highest BCUT2D eigenvalue weighted by molar-refractivity contribution is 9.10. The summed E-state index contributed by atoms with van der Waals surface area (Å²) in [5, 5.41) is 4.02. The number of pyridine rings is 1. The molecule has 1 amide bonds. The molecule has 1 saturated heterocycles. The first-order chi connectivity index (χ1) is 10.6. The van der Waals surface area contributed by atoms with E-state index in [2.05, 4.69) is 26.2 Å². The molecule has 5 nitrogen and oxygen atoms in total. The van der Waals surface area contributed by atoms with Crippen LogP contribution < -0.4 is 10.9 Å². The van der Waals surface area contributed by atoms with Crippen molar-refractivity contribution in [2.24, 2.45) is 0 Å². The third-order valence-corrected chi connectivity index (χ3v) is 4.72. The number of likely N-dealkylation sites (tertiary alicyclic amines) is 1. The van der Waals surface area contributed by atoms with E-state index in [9.17, 15) is 9.59 Å². The second kappa shape index (κ2) is 6.22. The Morgan fingerprint density at radius 3 is 2.73 bits per heavy atom. The maximum absolute atomic E-state index is 12.8. The lowest BCUT2D eigenvalue weighted by Crippen LogP contribution is -2.44. The number of benzene rings is 1. The minimum Gasteiger partial charge on any atom is -0.339 e. The molecule has 6 heteroatoms. The Morgan fingerprint density at radius 2 is 2.05 bits per heavy atom. The largest absolute Gasteiger partial charge is 0.339 e. The highest BCUT2D eigenvalue weighted by Crippen LogP contribution is 2.22. The number of rotatable bonds is 2. The standard InChI is InChI=1S/C16H18BrN3O2/c1-18-11-4-6-20(7-5-11)16(22)13-9-15(21)19-14-3-2-10(17)8-12(13)14/h2-3,8-9,11,18H,4-7H2,1H3,(H,19,21). The number of carbonyl (C=O) groups excluding carboxylic acids is 1. The lowest BCUT2D eigenvalue weighted by Gasteiger charge is -2.32. The lowest BCUT2D eigenvalue weighted by atomic mass is 10.0. The summed E-state index contributed by atoms with van der Waals surface area (Å²) in [6.45, 7) is 1.43. The molecule has 0 radical (unpaired) electrons. The number of amides is 1. The van der Waals surface area contributed by atoms with Crippen LogP contribution in [0.2, 0.25) is 0 Å². The van der Waals surface area contributed by atoms with Gasteiger partial charge in [0, 0.05) is 40.6 Å². The number of halogens is 1. The van der Waals surface area contributed by atoms with E-state index in [0.29, 0.717) is 30.2 Å². The smallest absolute Gasteiger partial charge is 0.254 e. The van der Waals surface area contributed by atoms with E-state index in [-0.39, 0.29) is 11.5 Å². The molecule has 0 atom stereocenters. The Labute approximate surface area is 136 Å². The molecule has 3 rings (SSSR count). The molecule has 1 aliphatic heterocycles. The van der Waals surface area contributed by atoms with Crippen molar-refractivity contribution in [1.29, 1.82) is 0 Å². The Bertz CT molecular complexity index is 764. The summed E-state index contributed by atoms with van der Waals surface area (Å²) in [4.78, 5) is 29.2. The van der Waals surface area contributed by atoms with Crippen molar-refractivity contribution >= 4 is 32.7 Å². The predicted molar refractivity (Wildman–Crippen MR) is 90.3 cm³/mol. The Balaban J connectivity index is 1.97. The molecule has 22 heavy (non-hydrogen) atoms. The molecule has 1 fully saturated rings. The topological polar surface area (TPSA) is 65.2 Å². The van der Waals surface area contributed by atoms with Crippen molar-refractivity contribution in [2.45, 2.75) is 18.9 Å². The van der Waals surface area contributed by atoms with Crippen LogP contribution in [0.1, 0.15) is 23.2 Å². The summed E-state index contributed by atoms with van der Waals surface area (Å²) >= 11 is 3.42. The minimum atomic E-state index is -0.247. The number of aromatic nitrogens is 1. The molecule has 1 aromatic carbocycles. The number of fused-ring (bicyclic) bond motifs is 1. The van der Waals surface area contributed by atoms with Gasteiger partial charge in [-0.05, 0) is 38.1 Å². The second-order valence-corrected chi connectivity index (χ2v) is 6.51. The number of piperidine rings is 1. The first-order valence-electron chi connectivity index (χ1n) is 7.37. The van der Waals surface area contributed by atoms with Crippen LogP contribution in [0.25, 0.3) is 10.9 Å². The van der Waals surface area contributed by atoms with E-state index in [1.807, 2.05) is 30.1 Å². The fourth-order valence-electron chi connectivity index (χ4n) is 2.94. The average molecular weight is 364 g/mol. The number of carbonyl (C=O) groups is 1. The van der Waals surface area contributed by atoms with E-state index in [1.165, 1.54) is 6.07 Å². The summed E-state index contributed by atoms with van der Waals surface area (Å²) in [6.07, 6.45) is 1.88. The van der Waals surface area contributed by atoms with Gasteiger partial charge in [-0.15, -0.1) is 0 Å². The fourth-order valence-corrected chi connectivity index (χ4v) is 3.31. The van der Waals surface area contributed by atoms with Gasteiger partial charge < -0.3 is 15.2 Å². The SMILES string of the molecule is CNC1CCN(C(=O)c2cc(=O)[nH]c3ccc(Br)cc23)CC1. The van der Waals surface area contributed by atoms with Crippen LogP contribution in [-0.4, -0.2) is 42.0 Å². The van der Waals surface area contributed by atoms with E-state index >= 15 is 0 Å². The molecule has 2 aromatic rings. The van der Waals surface area contributed by atoms with Crippen LogP contribution >= 0.6 is 15.9 Å². The molecule has 0 saturated carbocycles. The summed E-state index contributed by atoms with van der Waals surface area (Å²) in [6, 6.07) is 7.41. The summed E-state index contributed by atoms with van der Waals surface area (Å²) in [5.74, 6) is -0.0660. The number of nitrogens with one attached hydrogen (secondary N) is 2. The zero-order valence-corrected chi connectivity index (χ0v) is 13.9. The molecule has 1 aromatic heterocycles. The molecule has 0 bridgehead atoms. The first kappa shape index (κ1) is 15.2. The zero-order chi connectivity index (χ0) is 15.7. The highest BCUT2D eigenvalue weighted by atomic mass is 79.9. The van der Waals surface area contributed by atoms with Crippen LogP contribution in [0.3, 0.4) is 0 Å². The van der Waals surface area contributed by atoms with Gasteiger partial charge in [-0.1, -0.05) is 15.9 Å². The summed E-state index contributed by atoms with van der Waals surface area (Å²) < 4.78 is 0.884. The van der Waals surface area contributed by atoms with Crippen LogP contribution in [0, 0.1) is 0 Å². The molecule has 2 N–H and O–H groups in total. The second-order valence-electron chi connectivity index (χ2n) is 5.59. The maximum atomic E-state index is 12.8. The van der Waals surface area contributed by atoms with Gasteiger partial charge in [0.2, 0.25) is 5.56 Å². The molecule has 116 valence electrons. The van der Waals surface area contributed by atoms with Crippen LogP contribution in [0.15, 0.2) is 33.5 Å². The quantitative estimate of drug-likeness (QED) is 0.858. The van der Waals surface area contributed by atoms with E-state index in [0.717, 1.165) is 22.7 Å². The number of hydrogen-bond donors (Lipinski definition) is 2. The fraction of sp³-hybridized carbons (Fsp3) is 0.375. The van der Waals surface area contributed by atoms with Crippen molar-refractivity contribution in [1.82, 2.24) is 15.2 Å². The van der Waals surface area contributed by atoms with Gasteiger partial charge >= 0.3 is 0 Å². The summed E-state index contributed by atoms with van der Waals surface area (Å²) in [5.41, 5.74) is 0.912. The minimum absolute atomic E-state index is 0.0660. The summed E-state index contributed by atoms with van der Waals surface area (Å²) in [7, 11) is 1.95. The zero-order valence-electron chi connectivity index (χ0n) is 12.4. The highest BCUT2D eigenvalue weighted by Gasteiger charge is 2.24. The van der Waals surface area contributed by atoms with Gasteiger partial charge in [-0.3, -0.25) is 9.59 Å². The Kier molecular flexibility index (Phi) is 4.31. The molecule has 0 aliphatic carbocycles. The van der Waals surface area contributed by atoms with Gasteiger partial charge in [0.15, 0.2) is 0 Å². The van der Waals surface area contributed by atoms with Crippen molar-refractivity contribution in [2.75, 3.05) is 20.1 Å². The van der Waals surface area contributed by atoms with Gasteiger partial charge in [-0.2, -0.15) is 0 Å². The maximum Gasteiger partial charge on any atom is 0.254 e. The molecule has 1 aliphatic rings. The third-order valence-electron chi connectivity index (χ3n) is 4.23. The molecule has 0 unspecified atom stereocenters. The molecule has 2 heterocycles.